The van der Waals surface area contributed by atoms with Crippen LogP contribution in [0.5, 0.6) is 0 Å². The van der Waals surface area contributed by atoms with E-state index < -0.39 is 0 Å². The van der Waals surface area contributed by atoms with E-state index in [-0.39, 0.29) is 27.1 Å². The van der Waals surface area contributed by atoms with E-state index >= 15 is 0 Å². The van der Waals surface area contributed by atoms with Gasteiger partial charge in [-0.15, -0.1) is 0 Å². The van der Waals surface area contributed by atoms with Crippen molar-refractivity contribution in [3.63, 3.8) is 0 Å². The third-order valence-electron chi connectivity index (χ3n) is 33.5. The van der Waals surface area contributed by atoms with Gasteiger partial charge >= 0.3 is 0 Å². The second kappa shape index (κ2) is 39.4. The van der Waals surface area contributed by atoms with Gasteiger partial charge in [0.15, 0.2) is 0 Å². The molecular weight excluding hydrogens is 1780 g/mol. The second-order valence-corrected chi connectivity index (χ2v) is 46.2. The Morgan fingerprint density at radius 3 is 0.980 bits per heavy atom. The van der Waals surface area contributed by atoms with Gasteiger partial charge in [-0.25, -0.2) is 0 Å². The smallest absolute Gasteiger partial charge is 0.0725 e. The van der Waals surface area contributed by atoms with Gasteiger partial charge in [-0.3, -0.25) is 0 Å². The van der Waals surface area contributed by atoms with Crippen LogP contribution in [0.25, 0.3) is 133 Å². The van der Waals surface area contributed by atoms with Gasteiger partial charge in [0.1, 0.15) is 0 Å². The highest BCUT2D eigenvalue weighted by Gasteiger charge is 2.52. The summed E-state index contributed by atoms with van der Waals surface area (Å²) in [7, 11) is 0. The topological polar surface area (TPSA) is 9.86 Å². The molecule has 0 aliphatic heterocycles. The number of aromatic nitrogens is 2. The van der Waals surface area contributed by atoms with Gasteiger partial charge in [-0.2, -0.15) is 0 Å². The summed E-state index contributed by atoms with van der Waals surface area (Å²) in [6.07, 6.45) is 0. The minimum atomic E-state index is -0.204. The molecule has 0 bridgehead atoms. The number of nitrogens with zero attached hydrogens (tertiary/aromatic N) is 2. The van der Waals surface area contributed by atoms with Crippen molar-refractivity contribution < 1.29 is 0 Å². The molecule has 0 fully saturated rings. The number of benzene rings is 19. The van der Waals surface area contributed by atoms with E-state index in [0.717, 1.165) is 0 Å². The van der Waals surface area contributed by atoms with Crippen molar-refractivity contribution in [3.8, 4) is 78.1 Å². The molecule has 27 rings (SSSR count). The molecule has 0 saturated carbocycles. The lowest BCUT2D eigenvalue weighted by atomic mass is 9.70. The molecule has 6 aliphatic rings. The first-order valence-corrected chi connectivity index (χ1v) is 54.3. The summed E-state index contributed by atoms with van der Waals surface area (Å²) in [6, 6.07) is 154. The third-order valence-corrected chi connectivity index (χ3v) is 33.5. The molecule has 2 nitrogen and oxygen atoms in total. The standard InChI is InChI=1S/C28H22.C25H21N.C21H19N.4C18H20/c1-18(2)19-15-16-23-22-11-5-8-14-26(22)28(27(23)17-19)24-12-6-3-9-20(24)21-10-4-7-13-25(21)28;1-17(2)19-12-14-23-22-9-5-6-10-24(22)26(25(23)16-19)21-13-11-18-7-3-4-8-20(18)15-21;1-15(2)16-11-13-17(14-12-16)22-20-9-5-3-7-18(20)19-8-4-6-10-21(19)22;1-12(2)13-9-7-10-15-14-8-5-6-11-16(14)18(3,4)17(13)15;1-12(2)13-9-7-11-16-17(13)14-8-5-6-10-15(14)18(16,3)4;1-12(2)13-9-10-17-15(11-13)14-7-5-6-8-16(14)18(17,3)4;1-12(2)13-9-10-15-14-7-5-6-8-16(14)18(3,4)17(15)11-13/h3-18H,1-2H3;3-17H,1-2H3;3-15H,1-2H3;4*5-12H,1-4H3. The van der Waals surface area contributed by atoms with E-state index in [1.807, 2.05) is 0 Å². The lowest BCUT2D eigenvalue weighted by molar-refractivity contribution is 0.642. The normalized spacial score (nSPS) is 14.2. The maximum absolute atomic E-state index is 2.47. The van der Waals surface area contributed by atoms with Gasteiger partial charge in [0.2, 0.25) is 0 Å². The average molecular weight is 1920 g/mol. The molecule has 21 aromatic rings. The van der Waals surface area contributed by atoms with Crippen molar-refractivity contribution in [1.29, 1.82) is 0 Å². The van der Waals surface area contributed by atoms with Gasteiger partial charge in [0, 0.05) is 54.6 Å². The molecule has 0 saturated heterocycles. The summed E-state index contributed by atoms with van der Waals surface area (Å²) in [5.41, 5.74) is 52.3. The van der Waals surface area contributed by atoms with Crippen LogP contribution in [0.15, 0.2) is 419 Å². The summed E-state index contributed by atoms with van der Waals surface area (Å²) in [4.78, 5) is 0. The fourth-order valence-electron chi connectivity index (χ4n) is 25.4. The Labute approximate surface area is 880 Å². The zero-order chi connectivity index (χ0) is 103. The van der Waals surface area contributed by atoms with Gasteiger partial charge < -0.3 is 9.13 Å². The fourth-order valence-corrected chi connectivity index (χ4v) is 25.4. The Kier molecular flexibility index (Phi) is 26.3. The van der Waals surface area contributed by atoms with Crippen LogP contribution in [0.1, 0.15) is 299 Å². The summed E-state index contributed by atoms with van der Waals surface area (Å²) >= 11 is 0. The van der Waals surface area contributed by atoms with E-state index in [0.29, 0.717) is 41.4 Å². The van der Waals surface area contributed by atoms with Crippen LogP contribution in [-0.4, -0.2) is 9.13 Å². The summed E-state index contributed by atoms with van der Waals surface area (Å²) in [6.45, 7) is 50.4. The molecule has 148 heavy (non-hydrogen) atoms. The lowest BCUT2D eigenvalue weighted by Gasteiger charge is -2.30. The number of rotatable bonds is 9. The van der Waals surface area contributed by atoms with Crippen molar-refractivity contribution in [2.75, 3.05) is 0 Å². The Balaban J connectivity index is 0.000000102. The predicted molar refractivity (Wildman–Crippen MR) is 636 cm³/mol. The van der Waals surface area contributed by atoms with Gasteiger partial charge in [0.25, 0.3) is 0 Å². The predicted octanol–water partition coefficient (Wildman–Crippen LogP) is 40.6. The molecule has 2 heterocycles. The van der Waals surface area contributed by atoms with Crippen LogP contribution in [-0.2, 0) is 27.1 Å². The SMILES string of the molecule is CC(C)c1ccc(-n2c3ccccc3c3ccccc32)cc1.CC(C)c1ccc2c(c1)-c1ccccc1C2(C)C.CC(C)c1ccc2c(c1)C(C)(C)c1ccccc1-2.CC(C)c1ccc2c(c1)C1(c3ccccc3-c3ccccc31)c1ccccc1-2.CC(C)c1ccc2c3ccccc3n(-c3ccc4ccccc4c3)c2c1.CC(C)c1cccc2c1-c1ccccc1C2(C)C.CC(C)c1cccc2c1C(C)(C)c1ccccc1-2. The summed E-state index contributed by atoms with van der Waals surface area (Å²) in [5, 5.41) is 7.80. The Hall–Kier alpha value is -15.0. The summed E-state index contributed by atoms with van der Waals surface area (Å²) in [5.74, 6) is 3.92. The number of hydrogen-bond donors (Lipinski definition) is 0. The number of para-hydroxylation sites is 3. The Bertz CT molecular complexity index is 8490. The van der Waals surface area contributed by atoms with Crippen molar-refractivity contribution in [2.45, 2.75) is 221 Å². The largest absolute Gasteiger partial charge is 0.309 e. The van der Waals surface area contributed by atoms with E-state index in [2.05, 4.69) is 580 Å². The fraction of sp³-hybridized carbons (Fsp3) is 0.233. The van der Waals surface area contributed by atoms with Crippen molar-refractivity contribution in [1.82, 2.24) is 9.13 Å². The Morgan fingerprint density at radius 1 is 0.169 bits per heavy atom. The zero-order valence-electron chi connectivity index (χ0n) is 90.8. The van der Waals surface area contributed by atoms with Crippen LogP contribution in [0.3, 0.4) is 0 Å². The molecule has 19 aromatic carbocycles. The highest BCUT2D eigenvalue weighted by Crippen LogP contribution is 2.64. The van der Waals surface area contributed by atoms with E-state index in [1.54, 1.807) is 0 Å². The first kappa shape index (κ1) is 99.0. The van der Waals surface area contributed by atoms with Gasteiger partial charge in [0.05, 0.1) is 27.5 Å². The first-order chi connectivity index (χ1) is 71.3. The van der Waals surface area contributed by atoms with Crippen molar-refractivity contribution in [3.05, 3.63) is 524 Å². The molecule has 0 unspecified atom stereocenters. The molecule has 6 aliphatic carbocycles. The van der Waals surface area contributed by atoms with Crippen LogP contribution in [0.4, 0.5) is 0 Å². The third kappa shape index (κ3) is 17.0. The highest BCUT2D eigenvalue weighted by molar-refractivity contribution is 6.11. The van der Waals surface area contributed by atoms with Crippen LogP contribution < -0.4 is 0 Å². The molecule has 736 valence electrons. The second-order valence-electron chi connectivity index (χ2n) is 46.2. The minimum Gasteiger partial charge on any atom is -0.309 e. The van der Waals surface area contributed by atoms with E-state index in [9.17, 15) is 0 Å². The Morgan fingerprint density at radius 2 is 0.480 bits per heavy atom. The maximum Gasteiger partial charge on any atom is 0.0725 e. The van der Waals surface area contributed by atoms with Gasteiger partial charge in [-0.1, -0.05) is 522 Å². The first-order valence-electron chi connectivity index (χ1n) is 54.3. The molecule has 0 radical (unpaired) electrons. The van der Waals surface area contributed by atoms with Crippen LogP contribution in [0.2, 0.25) is 0 Å². The molecule has 0 atom stereocenters. The number of fused-ring (bicyclic) bond motifs is 29. The highest BCUT2D eigenvalue weighted by atomic mass is 15.0. The zero-order valence-corrected chi connectivity index (χ0v) is 90.8. The van der Waals surface area contributed by atoms with Crippen molar-refractivity contribution >= 4 is 54.4 Å². The molecule has 0 amide bonds. The molecule has 1 spiro atoms. The van der Waals surface area contributed by atoms with Crippen molar-refractivity contribution in [2.24, 2.45) is 0 Å². The minimum absolute atomic E-state index is 0.132. The maximum atomic E-state index is 2.47. The van der Waals surface area contributed by atoms with E-state index in [4.69, 9.17) is 0 Å². The summed E-state index contributed by atoms with van der Waals surface area (Å²) < 4.78 is 4.76. The average Bonchev–Trinajstić information content (AvgIpc) is 1.50. The van der Waals surface area contributed by atoms with E-state index in [1.165, 1.54) is 238 Å². The lowest BCUT2D eigenvalue weighted by Crippen LogP contribution is -2.26. The van der Waals surface area contributed by atoms with Crippen LogP contribution in [0, 0.1) is 0 Å². The molecule has 2 aromatic heterocycles. The molecular formula is C146H142N2. The molecule has 0 N–H and O–H groups in total. The van der Waals surface area contributed by atoms with Crippen LogP contribution >= 0.6 is 0 Å². The number of hydrogen-bond acceptors (Lipinski definition) is 0. The quantitative estimate of drug-likeness (QED) is 0.136. The monoisotopic (exact) mass is 1920 g/mol. The van der Waals surface area contributed by atoms with Gasteiger partial charge in [-0.05, 0) is 273 Å². The molecule has 2 heteroatoms.